The van der Waals surface area contributed by atoms with Crippen LogP contribution in [0.2, 0.25) is 5.02 Å². The monoisotopic (exact) mass is 424 g/mol. The lowest BCUT2D eigenvalue weighted by atomic mass is 9.95. The van der Waals surface area contributed by atoms with Crippen molar-refractivity contribution in [2.24, 2.45) is 0 Å². The number of fused-ring (bicyclic) bond motifs is 1. The Labute approximate surface area is 178 Å². The molecule has 0 spiro atoms. The first-order chi connectivity index (χ1) is 14.4. The van der Waals surface area contributed by atoms with Gasteiger partial charge in [0.15, 0.2) is 0 Å². The molecule has 2 heterocycles. The van der Waals surface area contributed by atoms with Crippen LogP contribution in [0.15, 0.2) is 54.2 Å². The predicted molar refractivity (Wildman–Crippen MR) is 115 cm³/mol. The number of phenols is 1. The molecule has 6 nitrogen and oxygen atoms in total. The van der Waals surface area contributed by atoms with Gasteiger partial charge in [0.1, 0.15) is 11.5 Å². The minimum atomic E-state index is -0.789. The molecule has 0 bridgehead atoms. The fourth-order valence-electron chi connectivity index (χ4n) is 3.89. The first kappa shape index (κ1) is 20.0. The summed E-state index contributed by atoms with van der Waals surface area (Å²) in [6, 6.07) is 11.2. The minimum Gasteiger partial charge on any atom is -0.507 e. The zero-order valence-electron chi connectivity index (χ0n) is 16.4. The van der Waals surface area contributed by atoms with Crippen molar-refractivity contribution in [1.82, 2.24) is 9.88 Å². The molecule has 1 aromatic heterocycles. The van der Waals surface area contributed by atoms with Crippen LogP contribution in [-0.4, -0.2) is 38.3 Å². The van der Waals surface area contributed by atoms with Gasteiger partial charge >= 0.3 is 0 Å². The summed E-state index contributed by atoms with van der Waals surface area (Å²) < 4.78 is 0. The number of aromatic amines is 1. The van der Waals surface area contributed by atoms with Crippen LogP contribution >= 0.6 is 11.6 Å². The van der Waals surface area contributed by atoms with Gasteiger partial charge in [0.2, 0.25) is 0 Å². The number of carbonyl (C=O) groups is 2. The second kappa shape index (κ2) is 7.88. The number of ketones is 1. The molecule has 1 amide bonds. The normalized spacial score (nSPS) is 18.5. The molecule has 3 aromatic rings. The fraction of sp³-hybridized carbons (Fsp3) is 0.217. The van der Waals surface area contributed by atoms with Crippen molar-refractivity contribution in [3.63, 3.8) is 0 Å². The van der Waals surface area contributed by atoms with E-state index in [1.807, 2.05) is 31.2 Å². The average molecular weight is 425 g/mol. The molecule has 0 aliphatic carbocycles. The number of hydrogen-bond donors (Lipinski definition) is 3. The Balaban J connectivity index is 1.92. The van der Waals surface area contributed by atoms with Crippen molar-refractivity contribution in [3.05, 3.63) is 70.4 Å². The zero-order valence-corrected chi connectivity index (χ0v) is 17.1. The third-order valence-electron chi connectivity index (χ3n) is 5.42. The van der Waals surface area contributed by atoms with Crippen molar-refractivity contribution in [2.75, 3.05) is 6.54 Å². The van der Waals surface area contributed by atoms with Crippen LogP contribution in [0.1, 0.15) is 36.9 Å². The summed E-state index contributed by atoms with van der Waals surface area (Å²) in [4.78, 5) is 30.4. The number of aromatic hydroxyl groups is 1. The predicted octanol–water partition coefficient (Wildman–Crippen LogP) is 4.75. The number of aliphatic hydroxyl groups excluding tert-OH is 1. The molecule has 1 saturated heterocycles. The number of rotatable bonds is 5. The third-order valence-corrected chi connectivity index (χ3v) is 5.73. The van der Waals surface area contributed by atoms with Crippen LogP contribution in [-0.2, 0) is 9.59 Å². The summed E-state index contributed by atoms with van der Waals surface area (Å²) in [5, 5.41) is 21.8. The number of likely N-dealkylation sites (tertiary alicyclic amines) is 1. The van der Waals surface area contributed by atoms with Crippen molar-refractivity contribution < 1.29 is 19.8 Å². The number of carbonyl (C=O) groups excluding carboxylic acids is 2. The van der Waals surface area contributed by atoms with E-state index in [0.717, 1.165) is 17.3 Å². The van der Waals surface area contributed by atoms with Gasteiger partial charge < -0.3 is 20.1 Å². The molecule has 154 valence electrons. The number of para-hydroxylation sites is 1. The summed E-state index contributed by atoms with van der Waals surface area (Å²) in [7, 11) is 0. The highest BCUT2D eigenvalue weighted by molar-refractivity contribution is 6.46. The van der Waals surface area contributed by atoms with Crippen LogP contribution < -0.4 is 0 Å². The molecule has 7 heteroatoms. The SMILES string of the molecule is CCCCN1C(=O)C(=O)/C(=C(\O)c2c[nH]c3ccccc23)C1c1ccc(O)c(Cl)c1. The number of aromatic nitrogens is 1. The highest BCUT2D eigenvalue weighted by Crippen LogP contribution is 2.42. The number of nitrogens with zero attached hydrogens (tertiary/aromatic N) is 1. The molecule has 30 heavy (non-hydrogen) atoms. The van der Waals surface area contributed by atoms with Crippen LogP contribution in [0.25, 0.3) is 16.7 Å². The van der Waals surface area contributed by atoms with Gasteiger partial charge in [-0.3, -0.25) is 9.59 Å². The number of halogens is 1. The molecular weight excluding hydrogens is 404 g/mol. The van der Waals surface area contributed by atoms with Gasteiger partial charge in [-0.25, -0.2) is 0 Å². The highest BCUT2D eigenvalue weighted by atomic mass is 35.5. The van der Waals surface area contributed by atoms with E-state index >= 15 is 0 Å². The number of hydrogen-bond acceptors (Lipinski definition) is 4. The molecular formula is C23H21ClN2O4. The van der Waals surface area contributed by atoms with Crippen molar-refractivity contribution in [2.45, 2.75) is 25.8 Å². The number of Topliss-reactive ketones (excluding diaryl/α,β-unsaturated/α-hetero) is 1. The van der Waals surface area contributed by atoms with E-state index in [2.05, 4.69) is 4.98 Å². The van der Waals surface area contributed by atoms with E-state index in [1.165, 1.54) is 17.0 Å². The molecule has 1 atom stereocenters. The number of nitrogens with one attached hydrogen (secondary N) is 1. The summed E-state index contributed by atoms with van der Waals surface area (Å²) in [6.45, 7) is 2.36. The lowest BCUT2D eigenvalue weighted by Gasteiger charge is -2.25. The van der Waals surface area contributed by atoms with Crippen molar-refractivity contribution in [3.8, 4) is 5.75 Å². The van der Waals surface area contributed by atoms with Crippen molar-refractivity contribution in [1.29, 1.82) is 0 Å². The number of H-pyrrole nitrogens is 1. The van der Waals surface area contributed by atoms with E-state index in [1.54, 1.807) is 12.3 Å². The van der Waals surface area contributed by atoms with Gasteiger partial charge in [-0.2, -0.15) is 0 Å². The lowest BCUT2D eigenvalue weighted by Crippen LogP contribution is -2.30. The smallest absolute Gasteiger partial charge is 0.295 e. The van der Waals surface area contributed by atoms with Crippen LogP contribution in [0, 0.1) is 0 Å². The average Bonchev–Trinajstić information content (AvgIpc) is 3.28. The number of phenolic OH excluding ortho intramolecular Hbond substituents is 1. The number of unbranched alkanes of at least 4 members (excludes halogenated alkanes) is 1. The van der Waals surface area contributed by atoms with E-state index < -0.39 is 17.7 Å². The van der Waals surface area contributed by atoms with E-state index in [4.69, 9.17) is 11.6 Å². The summed E-state index contributed by atoms with van der Waals surface area (Å²) in [5.41, 5.74) is 1.83. The van der Waals surface area contributed by atoms with Gasteiger partial charge in [-0.05, 0) is 30.2 Å². The molecule has 0 radical (unpaired) electrons. The zero-order chi connectivity index (χ0) is 21.4. The van der Waals surface area contributed by atoms with Crippen LogP contribution in [0.5, 0.6) is 5.75 Å². The fourth-order valence-corrected chi connectivity index (χ4v) is 4.08. The van der Waals surface area contributed by atoms with Crippen LogP contribution in [0.3, 0.4) is 0 Å². The highest BCUT2D eigenvalue weighted by Gasteiger charge is 2.46. The van der Waals surface area contributed by atoms with Gasteiger partial charge in [0, 0.05) is 29.2 Å². The second-order valence-corrected chi connectivity index (χ2v) is 7.71. The first-order valence-corrected chi connectivity index (χ1v) is 10.1. The molecule has 1 aliphatic heterocycles. The van der Waals surface area contributed by atoms with Crippen LogP contribution in [0.4, 0.5) is 0 Å². The van der Waals surface area contributed by atoms with Gasteiger partial charge in [-0.1, -0.05) is 49.2 Å². The Morgan fingerprint density at radius 1 is 1.20 bits per heavy atom. The van der Waals surface area contributed by atoms with Gasteiger partial charge in [0.25, 0.3) is 11.7 Å². The maximum Gasteiger partial charge on any atom is 0.295 e. The maximum absolute atomic E-state index is 13.0. The maximum atomic E-state index is 13.0. The number of amides is 1. The van der Waals surface area contributed by atoms with E-state index in [-0.39, 0.29) is 22.1 Å². The third kappa shape index (κ3) is 3.23. The molecule has 0 saturated carbocycles. The Morgan fingerprint density at radius 2 is 1.97 bits per heavy atom. The summed E-state index contributed by atoms with van der Waals surface area (Å²) in [5.74, 6) is -1.72. The largest absolute Gasteiger partial charge is 0.507 e. The molecule has 4 rings (SSSR count). The topological polar surface area (TPSA) is 93.6 Å². The Kier molecular flexibility index (Phi) is 5.26. The summed E-state index contributed by atoms with van der Waals surface area (Å²) in [6.07, 6.45) is 3.18. The van der Waals surface area contributed by atoms with Gasteiger partial charge in [-0.15, -0.1) is 0 Å². The Bertz CT molecular complexity index is 1180. The molecule has 3 N–H and O–H groups in total. The van der Waals surface area contributed by atoms with E-state index in [0.29, 0.717) is 24.1 Å². The minimum absolute atomic E-state index is 0.0163. The van der Waals surface area contributed by atoms with E-state index in [9.17, 15) is 19.8 Å². The number of aliphatic hydroxyl groups is 1. The molecule has 1 aliphatic rings. The molecule has 1 fully saturated rings. The lowest BCUT2D eigenvalue weighted by molar-refractivity contribution is -0.139. The molecule has 1 unspecified atom stereocenters. The first-order valence-electron chi connectivity index (χ1n) is 9.77. The Morgan fingerprint density at radius 3 is 2.70 bits per heavy atom. The Hall–Kier alpha value is -3.25. The second-order valence-electron chi connectivity index (χ2n) is 7.30. The van der Waals surface area contributed by atoms with Crippen molar-refractivity contribution >= 4 is 40.0 Å². The van der Waals surface area contributed by atoms with Gasteiger partial charge in [0.05, 0.1) is 16.6 Å². The quantitative estimate of drug-likeness (QED) is 0.313. The molecule has 2 aromatic carbocycles. The summed E-state index contributed by atoms with van der Waals surface area (Å²) >= 11 is 6.10. The standard InChI is InChI=1S/C23H21ClN2O4/c1-2-3-10-26-20(13-8-9-18(27)16(24)11-13)19(22(29)23(26)30)21(28)15-12-25-17-7-5-4-6-14(15)17/h4-9,11-12,20,25,27-28H,2-3,10H2,1H3/b21-19-. The number of benzene rings is 2.